The Kier molecular flexibility index (Phi) is 3.94. The number of Topliss-reactive ketones (excluding diaryl/α,β-unsaturated/α-hetero) is 2. The van der Waals surface area contributed by atoms with E-state index in [4.69, 9.17) is 10.5 Å². The van der Waals surface area contributed by atoms with Crippen molar-refractivity contribution >= 4 is 17.6 Å². The monoisotopic (exact) mass is 354 g/mol. The fraction of sp³-hybridized carbons (Fsp3) is 0.0455. The van der Waals surface area contributed by atoms with Gasteiger partial charge in [-0.1, -0.05) is 66.7 Å². The number of hydrogen-bond acceptors (Lipinski definition) is 5. The van der Waals surface area contributed by atoms with Gasteiger partial charge in [-0.2, -0.15) is 5.26 Å². The van der Waals surface area contributed by atoms with Crippen LogP contribution in [-0.2, 0) is 4.74 Å². The number of allylic oxidation sites excluding steroid dienone is 4. The Morgan fingerprint density at radius 2 is 1.59 bits per heavy atom. The lowest BCUT2D eigenvalue weighted by atomic mass is 9.78. The highest BCUT2D eigenvalue weighted by Crippen LogP contribution is 2.39. The summed E-state index contributed by atoms with van der Waals surface area (Å²) in [6.07, 6.45) is 3.50. The fourth-order valence-electron chi connectivity index (χ4n) is 3.31. The molecule has 0 fully saturated rings. The molecule has 0 aromatic heterocycles. The van der Waals surface area contributed by atoms with E-state index in [0.717, 1.165) is 5.56 Å². The van der Waals surface area contributed by atoms with Gasteiger partial charge in [0.1, 0.15) is 11.6 Å². The molecule has 0 saturated heterocycles. The summed E-state index contributed by atoms with van der Waals surface area (Å²) in [6.45, 7) is 0. The maximum absolute atomic E-state index is 13.1. The van der Waals surface area contributed by atoms with E-state index in [1.807, 2.05) is 36.4 Å². The van der Waals surface area contributed by atoms with Gasteiger partial charge in [0.2, 0.25) is 11.7 Å². The van der Waals surface area contributed by atoms with Crippen molar-refractivity contribution in [2.24, 2.45) is 11.7 Å². The van der Waals surface area contributed by atoms with Gasteiger partial charge in [-0.25, -0.2) is 0 Å². The van der Waals surface area contributed by atoms with Gasteiger partial charge < -0.3 is 10.5 Å². The molecule has 0 radical (unpaired) electrons. The number of hydrogen-bond donors (Lipinski definition) is 1. The molecule has 27 heavy (non-hydrogen) atoms. The minimum Gasteiger partial charge on any atom is -0.436 e. The molecule has 1 aliphatic heterocycles. The fourth-order valence-corrected chi connectivity index (χ4v) is 3.31. The summed E-state index contributed by atoms with van der Waals surface area (Å²) < 4.78 is 5.43. The normalized spacial score (nSPS) is 18.9. The van der Waals surface area contributed by atoms with E-state index >= 15 is 0 Å². The molecule has 5 nitrogen and oxygen atoms in total. The highest BCUT2D eigenvalue weighted by Gasteiger charge is 2.42. The topological polar surface area (TPSA) is 93.2 Å². The molecule has 0 amide bonds. The first-order valence-electron chi connectivity index (χ1n) is 8.35. The molecule has 2 aliphatic rings. The highest BCUT2D eigenvalue weighted by atomic mass is 16.5. The van der Waals surface area contributed by atoms with Gasteiger partial charge in [0.25, 0.3) is 0 Å². The molecule has 2 N–H and O–H groups in total. The van der Waals surface area contributed by atoms with Crippen LogP contribution in [0, 0.1) is 17.2 Å². The van der Waals surface area contributed by atoms with Crippen LogP contribution in [0.4, 0.5) is 0 Å². The predicted octanol–water partition coefficient (Wildman–Crippen LogP) is 3.37. The minimum atomic E-state index is -0.747. The Morgan fingerprint density at radius 1 is 0.963 bits per heavy atom. The van der Waals surface area contributed by atoms with Crippen LogP contribution in [-0.4, -0.2) is 11.6 Å². The van der Waals surface area contributed by atoms with Crippen LogP contribution in [0.5, 0.6) is 0 Å². The van der Waals surface area contributed by atoms with Crippen molar-refractivity contribution in [3.8, 4) is 6.07 Å². The van der Waals surface area contributed by atoms with Gasteiger partial charge in [-0.3, -0.25) is 9.59 Å². The predicted molar refractivity (Wildman–Crippen MR) is 99.0 cm³/mol. The molecule has 1 atom stereocenters. The second kappa shape index (κ2) is 6.43. The second-order valence-corrected chi connectivity index (χ2v) is 6.19. The lowest BCUT2D eigenvalue weighted by Gasteiger charge is -2.29. The van der Waals surface area contributed by atoms with E-state index < -0.39 is 11.7 Å². The maximum atomic E-state index is 13.1. The van der Waals surface area contributed by atoms with Crippen molar-refractivity contribution in [1.29, 1.82) is 5.26 Å². The third-order valence-electron chi connectivity index (χ3n) is 4.61. The number of carbonyl (C=O) groups is 2. The Bertz CT molecular complexity index is 1100. The Balaban J connectivity index is 1.86. The summed E-state index contributed by atoms with van der Waals surface area (Å²) in [6, 6.07) is 18.0. The van der Waals surface area contributed by atoms with E-state index in [2.05, 4.69) is 0 Å². The first-order chi connectivity index (χ1) is 13.1. The molecule has 4 rings (SSSR count). The number of rotatable bonds is 2. The van der Waals surface area contributed by atoms with Crippen molar-refractivity contribution in [3.05, 3.63) is 100 Å². The van der Waals surface area contributed by atoms with Gasteiger partial charge >= 0.3 is 0 Å². The lowest BCUT2D eigenvalue weighted by Crippen LogP contribution is -2.32. The Morgan fingerprint density at radius 3 is 2.26 bits per heavy atom. The average Bonchev–Trinajstić information content (AvgIpc) is 2.70. The van der Waals surface area contributed by atoms with E-state index in [1.54, 1.807) is 36.4 Å². The third-order valence-corrected chi connectivity index (χ3v) is 4.61. The number of carbonyl (C=O) groups excluding carboxylic acids is 2. The van der Waals surface area contributed by atoms with Gasteiger partial charge in [0.05, 0.1) is 11.5 Å². The summed E-state index contributed by atoms with van der Waals surface area (Å²) in [5.41, 5.74) is 7.63. The Hall–Kier alpha value is -3.91. The molecule has 1 heterocycles. The molecule has 5 heteroatoms. The van der Waals surface area contributed by atoms with Crippen molar-refractivity contribution < 1.29 is 14.3 Å². The molecule has 0 spiro atoms. The van der Waals surface area contributed by atoms with Gasteiger partial charge in [-0.05, 0) is 5.56 Å². The van der Waals surface area contributed by atoms with Crippen molar-refractivity contribution in [1.82, 2.24) is 0 Å². The quantitative estimate of drug-likeness (QED) is 0.892. The molecule has 2 aromatic carbocycles. The Labute approximate surface area is 155 Å². The molecular formula is C22H14N2O3. The van der Waals surface area contributed by atoms with Gasteiger partial charge in [0, 0.05) is 11.1 Å². The summed E-state index contributed by atoms with van der Waals surface area (Å²) in [5, 5.41) is 9.55. The summed E-state index contributed by atoms with van der Waals surface area (Å²) in [4.78, 5) is 25.9. The number of nitrogens with zero attached hydrogens (tertiary/aromatic N) is 1. The SMILES string of the molecule is N#CC1=C(N)OC2=C(C(=O)c3ccccc3C2=O)C1/C=C/c1ccccc1. The molecule has 130 valence electrons. The standard InChI is InChI=1S/C22H14N2O3/c23-12-17-14(11-10-13-6-2-1-3-7-13)18-19(25)15-8-4-5-9-16(15)20(26)21(18)27-22(17)24/h1-11,14H,24H2/b11-10+. The molecule has 1 unspecified atom stereocenters. The molecule has 0 saturated carbocycles. The first-order valence-corrected chi connectivity index (χ1v) is 8.35. The zero-order valence-electron chi connectivity index (χ0n) is 14.2. The summed E-state index contributed by atoms with van der Waals surface area (Å²) >= 11 is 0. The third kappa shape index (κ3) is 2.64. The molecule has 2 aromatic rings. The number of nitrogens with two attached hydrogens (primary N) is 1. The number of ether oxygens (including phenoxy) is 1. The van der Waals surface area contributed by atoms with Crippen LogP contribution in [0.2, 0.25) is 0 Å². The molecule has 1 aliphatic carbocycles. The number of nitriles is 1. The number of benzene rings is 2. The van der Waals surface area contributed by atoms with Crippen molar-refractivity contribution in [2.75, 3.05) is 0 Å². The average molecular weight is 354 g/mol. The maximum Gasteiger partial charge on any atom is 0.229 e. The second-order valence-electron chi connectivity index (χ2n) is 6.19. The zero-order valence-corrected chi connectivity index (χ0v) is 14.2. The van der Waals surface area contributed by atoms with Crippen LogP contribution in [0.3, 0.4) is 0 Å². The highest BCUT2D eigenvalue weighted by molar-refractivity contribution is 6.26. The van der Waals surface area contributed by atoms with E-state index in [1.165, 1.54) is 0 Å². The van der Waals surface area contributed by atoms with E-state index in [9.17, 15) is 14.9 Å². The summed E-state index contributed by atoms with van der Waals surface area (Å²) in [5.74, 6) is -1.73. The first kappa shape index (κ1) is 16.6. The van der Waals surface area contributed by atoms with E-state index in [-0.39, 0.29) is 34.1 Å². The van der Waals surface area contributed by atoms with Crippen LogP contribution in [0.25, 0.3) is 6.08 Å². The van der Waals surface area contributed by atoms with Gasteiger partial charge in [-0.15, -0.1) is 0 Å². The van der Waals surface area contributed by atoms with E-state index in [0.29, 0.717) is 5.56 Å². The van der Waals surface area contributed by atoms with Crippen LogP contribution in [0.1, 0.15) is 26.3 Å². The van der Waals surface area contributed by atoms with Crippen molar-refractivity contribution in [2.45, 2.75) is 0 Å². The van der Waals surface area contributed by atoms with Crippen LogP contribution < -0.4 is 5.73 Å². The van der Waals surface area contributed by atoms with Crippen LogP contribution >= 0.6 is 0 Å². The molecule has 0 bridgehead atoms. The summed E-state index contributed by atoms with van der Waals surface area (Å²) in [7, 11) is 0. The van der Waals surface area contributed by atoms with Crippen LogP contribution in [0.15, 0.2) is 83.5 Å². The number of ketones is 2. The molecular weight excluding hydrogens is 340 g/mol. The lowest BCUT2D eigenvalue weighted by molar-refractivity contribution is 0.0895. The minimum absolute atomic E-state index is 0.0992. The van der Waals surface area contributed by atoms with Gasteiger partial charge in [0.15, 0.2) is 11.5 Å². The largest absolute Gasteiger partial charge is 0.436 e. The van der Waals surface area contributed by atoms with Crippen molar-refractivity contribution in [3.63, 3.8) is 0 Å². The number of fused-ring (bicyclic) bond motifs is 1. The smallest absolute Gasteiger partial charge is 0.229 e. The zero-order chi connectivity index (χ0) is 19.0.